The van der Waals surface area contributed by atoms with Crippen molar-refractivity contribution < 1.29 is 23.5 Å². The lowest BCUT2D eigenvalue weighted by Gasteiger charge is -2.12. The molecule has 2 aliphatic rings. The summed E-state index contributed by atoms with van der Waals surface area (Å²) in [5.41, 5.74) is 2.22. The number of carbonyl (C=O) groups excluding carboxylic acids is 3. The van der Waals surface area contributed by atoms with Crippen molar-refractivity contribution in [3.63, 3.8) is 0 Å². The number of fused-ring (bicyclic) bond motifs is 1. The minimum absolute atomic E-state index is 0.0624. The maximum atomic E-state index is 13.2. The van der Waals surface area contributed by atoms with Gasteiger partial charge < -0.3 is 14.6 Å². The number of aromatic nitrogens is 1. The highest BCUT2D eigenvalue weighted by Crippen LogP contribution is 2.35. The Morgan fingerprint density at radius 2 is 2.03 bits per heavy atom. The van der Waals surface area contributed by atoms with Crippen molar-refractivity contribution in [3.8, 4) is 0 Å². The highest BCUT2D eigenvalue weighted by Gasteiger charge is 2.35. The molecule has 0 bridgehead atoms. The van der Waals surface area contributed by atoms with E-state index in [0.29, 0.717) is 17.0 Å². The van der Waals surface area contributed by atoms with Crippen LogP contribution in [-0.2, 0) is 27.4 Å². The number of thioether (sulfide) groups is 1. The number of benzene rings is 2. The van der Waals surface area contributed by atoms with Gasteiger partial charge in [-0.15, -0.1) is 0 Å². The molecule has 0 unspecified atom stereocenters. The molecule has 2 fully saturated rings. The molecule has 2 saturated heterocycles. The van der Waals surface area contributed by atoms with Crippen LogP contribution in [0.25, 0.3) is 17.0 Å². The number of hydrogen-bond donors (Lipinski definition) is 1. The molecule has 2 aromatic carbocycles. The molecule has 36 heavy (non-hydrogen) atoms. The molecule has 0 spiro atoms. The third-order valence-electron chi connectivity index (χ3n) is 6.15. The standard InChI is InChI=1S/C26H23BrFN3O4S/c27-18-5-8-22-21(11-18)17(14-30(22)15-24(32)29-12-20-2-1-9-35-20)10-23-25(33)31(26(34)36-23)13-16-3-6-19(28)7-4-16/h3-8,10-11,14,20H,1-2,9,12-13,15H2,(H,29,32)/b23-10-/t20-/m0/s1. The average molecular weight is 572 g/mol. The summed E-state index contributed by atoms with van der Waals surface area (Å²) in [5.74, 6) is -0.910. The molecular formula is C26H23BrFN3O4S. The summed E-state index contributed by atoms with van der Waals surface area (Å²) < 4.78 is 21.5. The van der Waals surface area contributed by atoms with Crippen LogP contribution in [0.4, 0.5) is 9.18 Å². The van der Waals surface area contributed by atoms with Crippen LogP contribution < -0.4 is 5.32 Å². The number of hydrogen-bond acceptors (Lipinski definition) is 5. The van der Waals surface area contributed by atoms with Gasteiger partial charge in [0.05, 0.1) is 17.6 Å². The lowest BCUT2D eigenvalue weighted by molar-refractivity contribution is -0.123. The van der Waals surface area contributed by atoms with Gasteiger partial charge in [0.1, 0.15) is 12.4 Å². The van der Waals surface area contributed by atoms with Crippen LogP contribution >= 0.6 is 27.7 Å². The Hall–Kier alpha value is -2.95. The van der Waals surface area contributed by atoms with Crippen LogP contribution in [0.2, 0.25) is 0 Å². The first-order valence-electron chi connectivity index (χ1n) is 11.5. The van der Waals surface area contributed by atoms with E-state index in [-0.39, 0.29) is 36.2 Å². The second kappa shape index (κ2) is 10.6. The Kier molecular flexibility index (Phi) is 7.27. The Balaban J connectivity index is 1.37. The fourth-order valence-corrected chi connectivity index (χ4v) is 5.53. The fraction of sp³-hybridized carbons (Fsp3) is 0.269. The molecule has 0 saturated carbocycles. The van der Waals surface area contributed by atoms with Crippen molar-refractivity contribution in [2.24, 2.45) is 0 Å². The maximum Gasteiger partial charge on any atom is 0.293 e. The molecule has 2 aliphatic heterocycles. The van der Waals surface area contributed by atoms with E-state index in [2.05, 4.69) is 21.2 Å². The predicted molar refractivity (Wildman–Crippen MR) is 140 cm³/mol. The smallest absolute Gasteiger partial charge is 0.293 e. The van der Waals surface area contributed by atoms with Gasteiger partial charge >= 0.3 is 0 Å². The number of ether oxygens (including phenoxy) is 1. The van der Waals surface area contributed by atoms with Crippen molar-refractivity contribution in [2.75, 3.05) is 13.2 Å². The zero-order chi connectivity index (χ0) is 25.2. The number of nitrogens with one attached hydrogen (secondary N) is 1. The molecule has 3 heterocycles. The van der Waals surface area contributed by atoms with Gasteiger partial charge in [0.15, 0.2) is 0 Å². The molecular weight excluding hydrogens is 549 g/mol. The molecule has 1 atom stereocenters. The molecule has 186 valence electrons. The second-order valence-corrected chi connectivity index (χ2v) is 10.6. The first kappa shape index (κ1) is 24.7. The van der Waals surface area contributed by atoms with Crippen molar-refractivity contribution in [1.82, 2.24) is 14.8 Å². The van der Waals surface area contributed by atoms with Crippen LogP contribution in [0.1, 0.15) is 24.0 Å². The van der Waals surface area contributed by atoms with E-state index in [0.717, 1.165) is 57.0 Å². The number of halogens is 2. The van der Waals surface area contributed by atoms with Gasteiger partial charge in [0.25, 0.3) is 11.1 Å². The van der Waals surface area contributed by atoms with Crippen LogP contribution in [0.3, 0.4) is 0 Å². The average Bonchev–Trinajstić information content (AvgIpc) is 3.55. The third kappa shape index (κ3) is 5.40. The van der Waals surface area contributed by atoms with E-state index < -0.39 is 5.91 Å². The molecule has 0 radical (unpaired) electrons. The van der Waals surface area contributed by atoms with E-state index in [1.54, 1.807) is 18.2 Å². The van der Waals surface area contributed by atoms with Crippen molar-refractivity contribution in [2.45, 2.75) is 32.0 Å². The van der Waals surface area contributed by atoms with E-state index in [9.17, 15) is 18.8 Å². The van der Waals surface area contributed by atoms with E-state index >= 15 is 0 Å². The minimum atomic E-state index is -0.403. The van der Waals surface area contributed by atoms with Gasteiger partial charge in [-0.3, -0.25) is 19.3 Å². The molecule has 7 nitrogen and oxygen atoms in total. The normalized spacial score (nSPS) is 19.1. The zero-order valence-corrected chi connectivity index (χ0v) is 21.6. The Morgan fingerprint density at radius 3 is 2.78 bits per heavy atom. The first-order valence-corrected chi connectivity index (χ1v) is 13.1. The SMILES string of the molecule is O=C(Cn1cc(/C=C2\SC(=O)N(Cc3ccc(F)cc3)C2=O)c2cc(Br)ccc21)NC[C@@H]1CCCO1. The lowest BCUT2D eigenvalue weighted by atomic mass is 10.1. The summed E-state index contributed by atoms with van der Waals surface area (Å²) in [7, 11) is 0. The number of imide groups is 1. The summed E-state index contributed by atoms with van der Waals surface area (Å²) in [6.07, 6.45) is 5.52. The topological polar surface area (TPSA) is 80.6 Å². The van der Waals surface area contributed by atoms with E-state index in [4.69, 9.17) is 4.74 Å². The lowest BCUT2D eigenvalue weighted by Crippen LogP contribution is -2.34. The van der Waals surface area contributed by atoms with Gasteiger partial charge in [0, 0.05) is 40.3 Å². The number of amides is 3. The Bertz CT molecular complexity index is 1370. The highest BCUT2D eigenvalue weighted by atomic mass is 79.9. The first-order chi connectivity index (χ1) is 17.4. The Labute approximate surface area is 219 Å². The largest absolute Gasteiger partial charge is 0.376 e. The van der Waals surface area contributed by atoms with E-state index in [1.165, 1.54) is 12.1 Å². The molecule has 0 aliphatic carbocycles. The third-order valence-corrected chi connectivity index (χ3v) is 7.55. The van der Waals surface area contributed by atoms with E-state index in [1.807, 2.05) is 29.0 Å². The summed E-state index contributed by atoms with van der Waals surface area (Å²) >= 11 is 4.36. The molecule has 3 aromatic rings. The van der Waals surface area contributed by atoms with Crippen LogP contribution in [-0.4, -0.2) is 45.8 Å². The maximum absolute atomic E-state index is 13.2. The van der Waals surface area contributed by atoms with Gasteiger partial charge in [-0.05, 0) is 66.6 Å². The van der Waals surface area contributed by atoms with Gasteiger partial charge in [0.2, 0.25) is 5.91 Å². The summed E-state index contributed by atoms with van der Waals surface area (Å²) in [6, 6.07) is 11.4. The summed E-state index contributed by atoms with van der Waals surface area (Å²) in [5, 5.41) is 3.40. The summed E-state index contributed by atoms with van der Waals surface area (Å²) in [6.45, 7) is 1.40. The van der Waals surface area contributed by atoms with Gasteiger partial charge in [-0.25, -0.2) is 4.39 Å². The second-order valence-electron chi connectivity index (χ2n) is 8.71. The zero-order valence-electron chi connectivity index (χ0n) is 19.2. The highest BCUT2D eigenvalue weighted by molar-refractivity contribution is 9.10. The number of nitrogens with zero attached hydrogens (tertiary/aromatic N) is 2. The fourth-order valence-electron chi connectivity index (χ4n) is 4.34. The predicted octanol–water partition coefficient (Wildman–Crippen LogP) is 5.07. The van der Waals surface area contributed by atoms with Gasteiger partial charge in [-0.1, -0.05) is 28.1 Å². The summed E-state index contributed by atoms with van der Waals surface area (Å²) in [4.78, 5) is 39.7. The van der Waals surface area contributed by atoms with Crippen molar-refractivity contribution in [1.29, 1.82) is 0 Å². The monoisotopic (exact) mass is 571 g/mol. The quantitative estimate of drug-likeness (QED) is 0.400. The van der Waals surface area contributed by atoms with Gasteiger partial charge in [-0.2, -0.15) is 0 Å². The molecule has 5 rings (SSSR count). The van der Waals surface area contributed by atoms with Crippen LogP contribution in [0.15, 0.2) is 58.0 Å². The molecule has 3 amide bonds. The molecule has 1 aromatic heterocycles. The van der Waals surface area contributed by atoms with Crippen molar-refractivity contribution in [3.05, 3.63) is 75.0 Å². The number of rotatable bonds is 7. The Morgan fingerprint density at radius 1 is 1.22 bits per heavy atom. The van der Waals surface area contributed by atoms with Crippen LogP contribution in [0, 0.1) is 5.82 Å². The van der Waals surface area contributed by atoms with Crippen molar-refractivity contribution >= 4 is 61.7 Å². The molecule has 1 N–H and O–H groups in total. The number of carbonyl (C=O) groups is 3. The minimum Gasteiger partial charge on any atom is -0.376 e. The van der Waals surface area contributed by atoms with Crippen LogP contribution in [0.5, 0.6) is 0 Å². The molecule has 10 heteroatoms.